The van der Waals surface area contributed by atoms with E-state index in [1.54, 1.807) is 26.1 Å². The van der Waals surface area contributed by atoms with Crippen LogP contribution < -0.4 is 5.73 Å². The molecule has 0 saturated carbocycles. The molecule has 0 aliphatic carbocycles. The molecule has 1 unspecified atom stereocenters. The number of nitrogens with zero attached hydrogens (tertiary/aromatic N) is 1. The molecule has 0 bridgehead atoms. The normalized spacial score (nSPS) is 11.8. The Labute approximate surface area is 117 Å². The number of nitrogens with two attached hydrogens (primary N) is 1. The SMILES string of the molecule is COC(=O)C(C)CN(C)C(=O)c1ccc(N)cc1Cl. The van der Waals surface area contributed by atoms with Crippen molar-refractivity contribution in [3.05, 3.63) is 28.8 Å². The zero-order chi connectivity index (χ0) is 14.6. The number of halogens is 1. The van der Waals surface area contributed by atoms with Crippen molar-refractivity contribution < 1.29 is 14.3 Å². The maximum atomic E-state index is 12.2. The first kappa shape index (κ1) is 15.3. The van der Waals surface area contributed by atoms with Gasteiger partial charge in [0.2, 0.25) is 0 Å². The molecule has 0 saturated heterocycles. The van der Waals surface area contributed by atoms with E-state index in [1.165, 1.54) is 18.1 Å². The van der Waals surface area contributed by atoms with E-state index in [0.29, 0.717) is 16.3 Å². The van der Waals surface area contributed by atoms with Crippen LogP contribution in [0.4, 0.5) is 5.69 Å². The van der Waals surface area contributed by atoms with Crippen molar-refractivity contribution in [3.63, 3.8) is 0 Å². The summed E-state index contributed by atoms with van der Waals surface area (Å²) in [6.07, 6.45) is 0. The molecule has 19 heavy (non-hydrogen) atoms. The number of hydrogen-bond acceptors (Lipinski definition) is 4. The predicted octanol–water partition coefficient (Wildman–Crippen LogP) is 1.80. The molecule has 2 N–H and O–H groups in total. The van der Waals surface area contributed by atoms with Crippen LogP contribution in [0.25, 0.3) is 0 Å². The van der Waals surface area contributed by atoms with Crippen molar-refractivity contribution in [2.24, 2.45) is 5.92 Å². The highest BCUT2D eigenvalue weighted by atomic mass is 35.5. The summed E-state index contributed by atoms with van der Waals surface area (Å²) in [5.41, 5.74) is 6.42. The fourth-order valence-electron chi connectivity index (χ4n) is 1.68. The zero-order valence-corrected chi connectivity index (χ0v) is 11.9. The molecular formula is C13H17ClN2O3. The van der Waals surface area contributed by atoms with Crippen LogP contribution in [0.5, 0.6) is 0 Å². The monoisotopic (exact) mass is 284 g/mol. The Morgan fingerprint density at radius 3 is 2.63 bits per heavy atom. The largest absolute Gasteiger partial charge is 0.469 e. The number of benzene rings is 1. The summed E-state index contributed by atoms with van der Waals surface area (Å²) in [5, 5.41) is 0.294. The number of rotatable bonds is 4. The van der Waals surface area contributed by atoms with Crippen LogP contribution in [-0.2, 0) is 9.53 Å². The third kappa shape index (κ3) is 3.86. The number of ether oxygens (including phenoxy) is 1. The maximum Gasteiger partial charge on any atom is 0.310 e. The summed E-state index contributed by atoms with van der Waals surface area (Å²) in [4.78, 5) is 24.9. The number of methoxy groups -OCH3 is 1. The summed E-state index contributed by atoms with van der Waals surface area (Å²) < 4.78 is 4.62. The molecule has 0 spiro atoms. The molecule has 0 aliphatic rings. The van der Waals surface area contributed by atoms with E-state index in [-0.39, 0.29) is 18.4 Å². The number of esters is 1. The van der Waals surface area contributed by atoms with Gasteiger partial charge < -0.3 is 15.4 Å². The fraction of sp³-hybridized carbons (Fsp3) is 0.385. The van der Waals surface area contributed by atoms with Gasteiger partial charge in [0.25, 0.3) is 5.91 Å². The van der Waals surface area contributed by atoms with Crippen LogP contribution in [0, 0.1) is 5.92 Å². The number of amides is 1. The van der Waals surface area contributed by atoms with Crippen LogP contribution in [0.15, 0.2) is 18.2 Å². The molecule has 1 amide bonds. The van der Waals surface area contributed by atoms with Gasteiger partial charge in [0.1, 0.15) is 0 Å². The third-order valence-electron chi connectivity index (χ3n) is 2.72. The lowest BCUT2D eigenvalue weighted by Crippen LogP contribution is -2.34. The van der Waals surface area contributed by atoms with E-state index in [2.05, 4.69) is 4.74 Å². The average molecular weight is 285 g/mol. The van der Waals surface area contributed by atoms with Gasteiger partial charge in [0.15, 0.2) is 0 Å². The van der Waals surface area contributed by atoms with Crippen LogP contribution >= 0.6 is 11.6 Å². The Kier molecular flexibility index (Phi) is 5.18. The van der Waals surface area contributed by atoms with Gasteiger partial charge in [0.05, 0.1) is 23.6 Å². The van der Waals surface area contributed by atoms with Crippen LogP contribution in [0.2, 0.25) is 5.02 Å². The quantitative estimate of drug-likeness (QED) is 0.676. The molecule has 6 heteroatoms. The molecule has 0 aliphatic heterocycles. The first-order valence-electron chi connectivity index (χ1n) is 5.75. The first-order valence-corrected chi connectivity index (χ1v) is 6.13. The highest BCUT2D eigenvalue weighted by Crippen LogP contribution is 2.20. The second kappa shape index (κ2) is 6.43. The minimum atomic E-state index is -0.397. The average Bonchev–Trinajstić information content (AvgIpc) is 2.36. The smallest absolute Gasteiger partial charge is 0.310 e. The van der Waals surface area contributed by atoms with E-state index >= 15 is 0 Å². The standard InChI is InChI=1S/C13H17ClN2O3/c1-8(13(18)19-3)7-16(2)12(17)10-5-4-9(15)6-11(10)14/h4-6,8H,7,15H2,1-3H3. The minimum Gasteiger partial charge on any atom is -0.469 e. The molecule has 0 radical (unpaired) electrons. The first-order chi connectivity index (χ1) is 8.86. The molecule has 5 nitrogen and oxygen atoms in total. The molecule has 1 aromatic carbocycles. The Hall–Kier alpha value is -1.75. The topological polar surface area (TPSA) is 72.6 Å². The van der Waals surface area contributed by atoms with Gasteiger partial charge in [-0.1, -0.05) is 18.5 Å². The summed E-state index contributed by atoms with van der Waals surface area (Å²) in [5.74, 6) is -1.02. The van der Waals surface area contributed by atoms with E-state index in [1.807, 2.05) is 0 Å². The molecule has 1 rings (SSSR count). The van der Waals surface area contributed by atoms with Gasteiger partial charge >= 0.3 is 5.97 Å². The highest BCUT2D eigenvalue weighted by molar-refractivity contribution is 6.34. The molecule has 0 fully saturated rings. The Bertz CT molecular complexity index is 491. The maximum absolute atomic E-state index is 12.2. The van der Waals surface area contributed by atoms with Crippen LogP contribution in [0.3, 0.4) is 0 Å². The van der Waals surface area contributed by atoms with Crippen LogP contribution in [0.1, 0.15) is 17.3 Å². The van der Waals surface area contributed by atoms with E-state index in [9.17, 15) is 9.59 Å². The number of carbonyl (C=O) groups excluding carboxylic acids is 2. The Morgan fingerprint density at radius 1 is 1.47 bits per heavy atom. The van der Waals surface area contributed by atoms with Gasteiger partial charge in [0, 0.05) is 19.3 Å². The Morgan fingerprint density at radius 2 is 2.11 bits per heavy atom. The van der Waals surface area contributed by atoms with E-state index in [4.69, 9.17) is 17.3 Å². The predicted molar refractivity (Wildman–Crippen MR) is 74.0 cm³/mol. The summed E-state index contributed by atoms with van der Waals surface area (Å²) in [6, 6.07) is 4.70. The van der Waals surface area contributed by atoms with Gasteiger partial charge in [-0.05, 0) is 18.2 Å². The molecular weight excluding hydrogens is 268 g/mol. The number of nitrogen functional groups attached to an aromatic ring is 1. The summed E-state index contributed by atoms with van der Waals surface area (Å²) in [7, 11) is 2.92. The molecule has 0 heterocycles. The van der Waals surface area contributed by atoms with Gasteiger partial charge in [-0.25, -0.2) is 0 Å². The number of carbonyl (C=O) groups is 2. The lowest BCUT2D eigenvalue weighted by Gasteiger charge is -2.20. The van der Waals surface area contributed by atoms with Crippen molar-refractivity contribution in [1.82, 2.24) is 4.90 Å². The van der Waals surface area contributed by atoms with Gasteiger partial charge in [-0.3, -0.25) is 9.59 Å². The van der Waals surface area contributed by atoms with E-state index in [0.717, 1.165) is 0 Å². The van der Waals surface area contributed by atoms with Crippen molar-refractivity contribution in [2.45, 2.75) is 6.92 Å². The van der Waals surface area contributed by atoms with Crippen molar-refractivity contribution in [2.75, 3.05) is 26.4 Å². The lowest BCUT2D eigenvalue weighted by molar-refractivity contribution is -0.145. The second-order valence-corrected chi connectivity index (χ2v) is 4.76. The minimum absolute atomic E-state index is 0.256. The highest BCUT2D eigenvalue weighted by Gasteiger charge is 2.21. The lowest BCUT2D eigenvalue weighted by atomic mass is 10.1. The summed E-state index contributed by atoms with van der Waals surface area (Å²) in [6.45, 7) is 1.95. The fourth-order valence-corrected chi connectivity index (χ4v) is 1.95. The van der Waals surface area contributed by atoms with Gasteiger partial charge in [-0.15, -0.1) is 0 Å². The van der Waals surface area contributed by atoms with Crippen molar-refractivity contribution >= 4 is 29.2 Å². The number of anilines is 1. The van der Waals surface area contributed by atoms with Crippen molar-refractivity contribution in [1.29, 1.82) is 0 Å². The van der Waals surface area contributed by atoms with E-state index < -0.39 is 5.92 Å². The zero-order valence-electron chi connectivity index (χ0n) is 11.1. The second-order valence-electron chi connectivity index (χ2n) is 4.35. The van der Waals surface area contributed by atoms with Gasteiger partial charge in [-0.2, -0.15) is 0 Å². The Balaban J connectivity index is 2.79. The molecule has 1 atom stereocenters. The summed E-state index contributed by atoms with van der Waals surface area (Å²) >= 11 is 5.98. The number of hydrogen-bond donors (Lipinski definition) is 1. The van der Waals surface area contributed by atoms with Crippen LogP contribution in [-0.4, -0.2) is 37.5 Å². The molecule has 104 valence electrons. The third-order valence-corrected chi connectivity index (χ3v) is 3.03. The van der Waals surface area contributed by atoms with Crippen molar-refractivity contribution in [3.8, 4) is 0 Å². The molecule has 1 aromatic rings. The molecule has 0 aromatic heterocycles.